The van der Waals surface area contributed by atoms with Crippen LogP contribution in [0.2, 0.25) is 0 Å². The maximum Gasteiger partial charge on any atom is 0.258 e. The predicted molar refractivity (Wildman–Crippen MR) is 142 cm³/mol. The Labute approximate surface area is 205 Å². The Morgan fingerprint density at radius 3 is 2.80 bits per heavy atom. The van der Waals surface area contributed by atoms with E-state index in [-0.39, 0.29) is 5.91 Å². The Morgan fingerprint density at radius 1 is 1.11 bits per heavy atom. The van der Waals surface area contributed by atoms with Crippen molar-refractivity contribution in [3.8, 4) is 11.1 Å². The largest absolute Gasteiger partial charge is 0.387 e. The van der Waals surface area contributed by atoms with Crippen LogP contribution < -0.4 is 10.6 Å². The first-order valence-electron chi connectivity index (χ1n) is 12.0. The van der Waals surface area contributed by atoms with Crippen molar-refractivity contribution in [2.24, 2.45) is 0 Å². The number of carbonyl (C=O) groups excluding carboxylic acids is 1. The molecular formula is C28H30N6O. The van der Waals surface area contributed by atoms with E-state index in [9.17, 15) is 4.79 Å². The molecule has 5 rings (SSSR count). The second-order valence-electron chi connectivity index (χ2n) is 9.06. The molecule has 1 aromatic carbocycles. The molecule has 3 N–H and O–H groups in total. The molecule has 1 saturated heterocycles. The number of piperidine rings is 1. The smallest absolute Gasteiger partial charge is 0.258 e. The number of anilines is 1. The summed E-state index contributed by atoms with van der Waals surface area (Å²) in [7, 11) is 2.14. The van der Waals surface area contributed by atoms with Gasteiger partial charge in [0, 0.05) is 47.2 Å². The molecule has 1 fully saturated rings. The average molecular weight is 467 g/mol. The van der Waals surface area contributed by atoms with Gasteiger partial charge in [-0.15, -0.1) is 0 Å². The van der Waals surface area contributed by atoms with E-state index in [0.29, 0.717) is 17.4 Å². The third kappa shape index (κ3) is 5.10. The molecule has 0 aliphatic carbocycles. The summed E-state index contributed by atoms with van der Waals surface area (Å²) in [5.74, 6) is 0.333. The number of benzene rings is 1. The number of pyridine rings is 2. The minimum Gasteiger partial charge on any atom is -0.387 e. The first kappa shape index (κ1) is 22.8. The van der Waals surface area contributed by atoms with Crippen LogP contribution in [0.4, 0.5) is 5.82 Å². The van der Waals surface area contributed by atoms with E-state index in [1.54, 1.807) is 6.20 Å². The van der Waals surface area contributed by atoms with Crippen molar-refractivity contribution < 1.29 is 4.79 Å². The Bertz CT molecular complexity index is 1410. The van der Waals surface area contributed by atoms with Gasteiger partial charge in [0.1, 0.15) is 5.82 Å². The molecule has 0 saturated carbocycles. The number of H-pyrrole nitrogens is 1. The summed E-state index contributed by atoms with van der Waals surface area (Å²) in [4.78, 5) is 27.4. The zero-order valence-corrected chi connectivity index (χ0v) is 20.1. The SMILES string of the molecule is C/C=C/C(=C\NC1CCN(C)CC1)C(=O)Nc1cc2cc(-c3cncc4[nH]ccc34)ccc2cn1. The predicted octanol–water partition coefficient (Wildman–Crippen LogP) is 4.86. The molecule has 178 valence electrons. The third-order valence-corrected chi connectivity index (χ3v) is 6.55. The molecule has 7 heteroatoms. The highest BCUT2D eigenvalue weighted by molar-refractivity contribution is 6.06. The van der Waals surface area contributed by atoms with Crippen molar-refractivity contribution in [2.45, 2.75) is 25.8 Å². The van der Waals surface area contributed by atoms with Crippen LogP contribution in [-0.2, 0) is 4.79 Å². The Kier molecular flexibility index (Phi) is 6.59. The maximum atomic E-state index is 13.0. The fraction of sp³-hybridized carbons (Fsp3) is 0.250. The van der Waals surface area contributed by atoms with Gasteiger partial charge in [0.2, 0.25) is 0 Å². The van der Waals surface area contributed by atoms with Gasteiger partial charge in [0.05, 0.1) is 17.3 Å². The fourth-order valence-electron chi connectivity index (χ4n) is 4.53. The summed E-state index contributed by atoms with van der Waals surface area (Å²) in [6, 6.07) is 10.6. The van der Waals surface area contributed by atoms with Crippen LogP contribution in [0.3, 0.4) is 0 Å². The van der Waals surface area contributed by atoms with Gasteiger partial charge in [0.15, 0.2) is 0 Å². The zero-order chi connectivity index (χ0) is 24.2. The van der Waals surface area contributed by atoms with Crippen LogP contribution in [-0.4, -0.2) is 51.9 Å². The molecule has 0 spiro atoms. The van der Waals surface area contributed by atoms with E-state index >= 15 is 0 Å². The number of fused-ring (bicyclic) bond motifs is 2. The molecule has 4 heterocycles. The van der Waals surface area contributed by atoms with Gasteiger partial charge in [-0.1, -0.05) is 24.3 Å². The Balaban J connectivity index is 1.36. The zero-order valence-electron chi connectivity index (χ0n) is 20.1. The number of nitrogens with zero attached hydrogens (tertiary/aromatic N) is 3. The number of allylic oxidation sites excluding steroid dienone is 1. The molecule has 0 bridgehead atoms. The monoisotopic (exact) mass is 466 g/mol. The van der Waals surface area contributed by atoms with Gasteiger partial charge in [-0.05, 0) is 69.1 Å². The number of nitrogens with one attached hydrogen (secondary N) is 3. The summed E-state index contributed by atoms with van der Waals surface area (Å²) in [6.45, 7) is 4.04. The van der Waals surface area contributed by atoms with Gasteiger partial charge in [-0.2, -0.15) is 0 Å². The lowest BCUT2D eigenvalue weighted by Gasteiger charge is -2.29. The van der Waals surface area contributed by atoms with Gasteiger partial charge in [-0.3, -0.25) is 9.78 Å². The van der Waals surface area contributed by atoms with Gasteiger partial charge < -0.3 is 20.5 Å². The van der Waals surface area contributed by atoms with Crippen molar-refractivity contribution in [3.63, 3.8) is 0 Å². The average Bonchev–Trinajstić information content (AvgIpc) is 3.36. The molecule has 0 radical (unpaired) electrons. The van der Waals surface area contributed by atoms with Crippen LogP contribution in [0.25, 0.3) is 32.8 Å². The molecule has 35 heavy (non-hydrogen) atoms. The second-order valence-corrected chi connectivity index (χ2v) is 9.06. The highest BCUT2D eigenvalue weighted by Crippen LogP contribution is 2.30. The minimum atomic E-state index is -0.187. The summed E-state index contributed by atoms with van der Waals surface area (Å²) in [5, 5.41) is 9.53. The number of aromatic nitrogens is 3. The van der Waals surface area contributed by atoms with E-state index in [4.69, 9.17) is 0 Å². The van der Waals surface area contributed by atoms with Crippen LogP contribution >= 0.6 is 0 Å². The molecule has 1 aliphatic heterocycles. The van der Waals surface area contributed by atoms with Gasteiger partial charge >= 0.3 is 0 Å². The standard InChI is InChI=1S/C28H30N6O/c1-3-4-21(16-31-23-8-11-34(2)12-9-23)28(35)33-27-14-22-13-19(5-6-20(22)15-32-27)25-17-29-18-26-24(25)7-10-30-26/h3-7,10,13-18,23,30-31H,8-9,11-12H2,1-2H3,(H,32,33,35)/b4-3+,21-16+. The van der Waals surface area contributed by atoms with Crippen molar-refractivity contribution in [1.82, 2.24) is 25.2 Å². The summed E-state index contributed by atoms with van der Waals surface area (Å²) < 4.78 is 0. The van der Waals surface area contributed by atoms with Crippen LogP contribution in [0.5, 0.6) is 0 Å². The summed E-state index contributed by atoms with van der Waals surface area (Å²) >= 11 is 0. The molecule has 0 unspecified atom stereocenters. The number of aromatic amines is 1. The lowest BCUT2D eigenvalue weighted by Crippen LogP contribution is -2.39. The van der Waals surface area contributed by atoms with Crippen LogP contribution in [0.15, 0.2) is 79.0 Å². The topological polar surface area (TPSA) is 85.9 Å². The van der Waals surface area contributed by atoms with E-state index < -0.39 is 0 Å². The number of amides is 1. The normalized spacial score (nSPS) is 15.8. The number of hydrogen-bond acceptors (Lipinski definition) is 5. The first-order chi connectivity index (χ1) is 17.1. The van der Waals surface area contributed by atoms with E-state index in [1.807, 2.05) is 56.0 Å². The quantitative estimate of drug-likeness (QED) is 0.279. The number of carbonyl (C=O) groups is 1. The second kappa shape index (κ2) is 10.1. The fourth-order valence-corrected chi connectivity index (χ4v) is 4.53. The van der Waals surface area contributed by atoms with E-state index in [2.05, 4.69) is 55.7 Å². The number of rotatable bonds is 6. The molecule has 7 nitrogen and oxygen atoms in total. The van der Waals surface area contributed by atoms with Gasteiger partial charge in [-0.25, -0.2) is 4.98 Å². The number of hydrogen-bond donors (Lipinski definition) is 3. The Morgan fingerprint density at radius 2 is 1.97 bits per heavy atom. The first-order valence-corrected chi connectivity index (χ1v) is 12.0. The van der Waals surface area contributed by atoms with Crippen molar-refractivity contribution in [1.29, 1.82) is 0 Å². The lowest BCUT2D eigenvalue weighted by molar-refractivity contribution is -0.112. The summed E-state index contributed by atoms with van der Waals surface area (Å²) in [6.07, 6.45) is 15.1. The molecule has 3 aromatic heterocycles. The summed E-state index contributed by atoms with van der Waals surface area (Å²) in [5.41, 5.74) is 3.71. The van der Waals surface area contributed by atoms with Crippen LogP contribution in [0.1, 0.15) is 19.8 Å². The van der Waals surface area contributed by atoms with Gasteiger partial charge in [0.25, 0.3) is 5.91 Å². The third-order valence-electron chi connectivity index (χ3n) is 6.55. The van der Waals surface area contributed by atoms with Crippen LogP contribution in [0, 0.1) is 0 Å². The molecule has 4 aromatic rings. The van der Waals surface area contributed by atoms with E-state index in [1.165, 1.54) is 0 Å². The number of likely N-dealkylation sites (tertiary alicyclic amines) is 1. The molecular weight excluding hydrogens is 436 g/mol. The highest BCUT2D eigenvalue weighted by atomic mass is 16.1. The molecule has 1 aliphatic rings. The van der Waals surface area contributed by atoms with E-state index in [0.717, 1.165) is 58.7 Å². The molecule has 1 amide bonds. The van der Waals surface area contributed by atoms with Crippen molar-refractivity contribution >= 4 is 33.4 Å². The Hall–Kier alpha value is -3.97. The molecule has 0 atom stereocenters. The minimum absolute atomic E-state index is 0.187. The van der Waals surface area contributed by atoms with Crippen molar-refractivity contribution in [3.05, 3.63) is 79.0 Å². The van der Waals surface area contributed by atoms with Crippen molar-refractivity contribution in [2.75, 3.05) is 25.5 Å². The highest BCUT2D eigenvalue weighted by Gasteiger charge is 2.16. The lowest BCUT2D eigenvalue weighted by atomic mass is 10.0. The maximum absolute atomic E-state index is 13.0.